The molecule has 0 spiro atoms. The van der Waals surface area contributed by atoms with Gasteiger partial charge in [-0.25, -0.2) is 4.79 Å². The van der Waals surface area contributed by atoms with E-state index in [2.05, 4.69) is 15.5 Å². The van der Waals surface area contributed by atoms with Gasteiger partial charge in [-0.05, 0) is 68.0 Å². The van der Waals surface area contributed by atoms with Gasteiger partial charge in [0.1, 0.15) is 6.04 Å². The van der Waals surface area contributed by atoms with Crippen LogP contribution in [0, 0.1) is 5.92 Å². The van der Waals surface area contributed by atoms with Crippen molar-refractivity contribution in [2.75, 3.05) is 26.2 Å². The maximum Gasteiger partial charge on any atom is 0.335 e. The number of hydrogen-bond donors (Lipinski definition) is 5. The van der Waals surface area contributed by atoms with Crippen molar-refractivity contribution in [3.05, 3.63) is 107 Å². The number of β-amino-alcohol motifs (C(OH)–C–C–N with tert-alkyl or cyclic N) is 1. The number of hydrogen-bond acceptors (Lipinski definition) is 7. The van der Waals surface area contributed by atoms with Gasteiger partial charge in [0, 0.05) is 50.6 Å². The molecule has 5 rings (SSSR count). The molecule has 5 unspecified atom stereocenters. The molecular formula is C38H48N4O6. The highest BCUT2D eigenvalue weighted by Gasteiger charge is 2.37. The van der Waals surface area contributed by atoms with Crippen LogP contribution >= 0.6 is 0 Å². The molecule has 10 nitrogen and oxygen atoms in total. The Labute approximate surface area is 282 Å². The van der Waals surface area contributed by atoms with E-state index in [1.165, 1.54) is 0 Å². The molecule has 1 aliphatic heterocycles. The minimum atomic E-state index is -0.974. The Balaban J connectivity index is 1.28. The van der Waals surface area contributed by atoms with E-state index in [4.69, 9.17) is 0 Å². The number of amides is 2. The van der Waals surface area contributed by atoms with E-state index in [1.807, 2.05) is 80.3 Å². The van der Waals surface area contributed by atoms with Gasteiger partial charge in [-0.1, -0.05) is 66.7 Å². The van der Waals surface area contributed by atoms with Gasteiger partial charge in [0.05, 0.1) is 23.8 Å². The summed E-state index contributed by atoms with van der Waals surface area (Å²) < 4.78 is 0. The van der Waals surface area contributed by atoms with Gasteiger partial charge >= 0.3 is 5.97 Å². The van der Waals surface area contributed by atoms with Crippen molar-refractivity contribution in [1.82, 2.24) is 20.4 Å². The lowest BCUT2D eigenvalue weighted by Crippen LogP contribution is -2.61. The first-order valence-corrected chi connectivity index (χ1v) is 16.7. The molecule has 0 radical (unpaired) electrons. The van der Waals surface area contributed by atoms with E-state index in [1.54, 1.807) is 24.3 Å². The molecule has 1 saturated heterocycles. The molecule has 48 heavy (non-hydrogen) atoms. The van der Waals surface area contributed by atoms with Gasteiger partial charge in [0.25, 0.3) is 0 Å². The predicted molar refractivity (Wildman–Crippen MR) is 183 cm³/mol. The largest absolute Gasteiger partial charge is 0.478 e. The number of nitrogens with one attached hydrogen (secondary N) is 2. The summed E-state index contributed by atoms with van der Waals surface area (Å²) in [6.07, 6.45) is -0.511. The van der Waals surface area contributed by atoms with Crippen molar-refractivity contribution in [2.24, 2.45) is 5.92 Å². The number of aliphatic hydroxyl groups is 2. The highest BCUT2D eigenvalue weighted by molar-refractivity contribution is 5.87. The molecule has 2 aliphatic rings. The van der Waals surface area contributed by atoms with Crippen LogP contribution in [0.25, 0.3) is 0 Å². The minimum Gasteiger partial charge on any atom is -0.478 e. The third-order valence-electron chi connectivity index (χ3n) is 9.18. The first-order valence-electron chi connectivity index (χ1n) is 16.7. The Morgan fingerprint density at radius 2 is 1.60 bits per heavy atom. The summed E-state index contributed by atoms with van der Waals surface area (Å²) in [5.41, 5.74) is 3.64. The number of aromatic carboxylic acids is 1. The highest BCUT2D eigenvalue weighted by atomic mass is 16.4. The molecule has 2 amide bonds. The fourth-order valence-electron chi connectivity index (χ4n) is 6.83. The fourth-order valence-corrected chi connectivity index (χ4v) is 6.83. The summed E-state index contributed by atoms with van der Waals surface area (Å²) >= 11 is 0. The molecule has 0 saturated carbocycles. The third kappa shape index (κ3) is 9.29. The van der Waals surface area contributed by atoms with Gasteiger partial charge in [0.2, 0.25) is 11.8 Å². The number of nitrogens with zero attached hydrogens (tertiary/aromatic N) is 2. The number of carbonyl (C=O) groups is 3. The molecule has 5 atom stereocenters. The Bertz CT molecular complexity index is 1560. The van der Waals surface area contributed by atoms with Crippen LogP contribution in [0.2, 0.25) is 0 Å². The van der Waals surface area contributed by atoms with Crippen molar-refractivity contribution >= 4 is 17.8 Å². The molecule has 1 aliphatic carbocycles. The molecule has 10 heteroatoms. The molecule has 5 N–H and O–H groups in total. The number of benzene rings is 3. The van der Waals surface area contributed by atoms with Crippen LogP contribution in [0.5, 0.6) is 0 Å². The van der Waals surface area contributed by atoms with Crippen LogP contribution < -0.4 is 10.6 Å². The maximum atomic E-state index is 13.8. The second kappa shape index (κ2) is 15.4. The van der Waals surface area contributed by atoms with E-state index < -0.39 is 41.7 Å². The number of fused-ring (bicyclic) bond motifs is 1. The lowest BCUT2D eigenvalue weighted by molar-refractivity contribution is -0.132. The van der Waals surface area contributed by atoms with E-state index >= 15 is 0 Å². The number of aliphatic hydroxyl groups excluding tert-OH is 2. The van der Waals surface area contributed by atoms with Crippen molar-refractivity contribution in [1.29, 1.82) is 0 Å². The first kappa shape index (κ1) is 35.2. The van der Waals surface area contributed by atoms with Crippen LogP contribution in [0.3, 0.4) is 0 Å². The third-order valence-corrected chi connectivity index (χ3v) is 9.18. The standard InChI is InChI=1S/C38H48N4O6/c1-38(2,3)40-36(46)32-24-41(22-26-13-15-27(16-14-26)37(47)48)17-18-42(32)23-30(43)20-29(19-25-9-5-4-6-10-25)35(45)39-34-31-12-8-7-11-28(31)21-33(34)44/h4-16,29-30,32-34,43-44H,17-24H2,1-3H3,(H,39,45)(H,40,46)(H,47,48). The van der Waals surface area contributed by atoms with Crippen LogP contribution in [-0.4, -0.2) is 92.9 Å². The number of carboxylic acids is 1. The second-order valence-electron chi connectivity index (χ2n) is 14.2. The average Bonchev–Trinajstić information content (AvgIpc) is 3.35. The SMILES string of the molecule is CC(C)(C)NC(=O)C1CN(Cc2ccc(C(=O)O)cc2)CCN1CC(O)CC(Cc1ccccc1)C(=O)NC1c2ccccc2CC1O. The lowest BCUT2D eigenvalue weighted by atomic mass is 9.91. The summed E-state index contributed by atoms with van der Waals surface area (Å²) in [5.74, 6) is -1.88. The molecule has 0 aromatic heterocycles. The van der Waals surface area contributed by atoms with Gasteiger partial charge in [-0.15, -0.1) is 0 Å². The van der Waals surface area contributed by atoms with Crippen molar-refractivity contribution in [3.8, 4) is 0 Å². The van der Waals surface area contributed by atoms with Gasteiger partial charge in [0.15, 0.2) is 0 Å². The lowest BCUT2D eigenvalue weighted by Gasteiger charge is -2.42. The fraction of sp³-hybridized carbons (Fsp3) is 0.447. The van der Waals surface area contributed by atoms with E-state index in [0.717, 1.165) is 22.3 Å². The van der Waals surface area contributed by atoms with Crippen LogP contribution in [-0.2, 0) is 29.0 Å². The Morgan fingerprint density at radius 1 is 0.917 bits per heavy atom. The zero-order valence-electron chi connectivity index (χ0n) is 28.0. The Morgan fingerprint density at radius 3 is 2.29 bits per heavy atom. The topological polar surface area (TPSA) is 142 Å². The molecule has 3 aromatic rings. The summed E-state index contributed by atoms with van der Waals surface area (Å²) in [4.78, 5) is 42.9. The van der Waals surface area contributed by atoms with E-state index in [-0.39, 0.29) is 30.3 Å². The minimum absolute atomic E-state index is 0.131. The van der Waals surface area contributed by atoms with Gasteiger partial charge < -0.3 is 26.0 Å². The monoisotopic (exact) mass is 656 g/mol. The second-order valence-corrected chi connectivity index (χ2v) is 14.2. The van der Waals surface area contributed by atoms with Crippen molar-refractivity contribution < 1.29 is 29.7 Å². The van der Waals surface area contributed by atoms with Crippen LogP contribution in [0.4, 0.5) is 0 Å². The van der Waals surface area contributed by atoms with Crippen molar-refractivity contribution in [3.63, 3.8) is 0 Å². The number of carboxylic acid groups (broad SMARTS) is 1. The van der Waals surface area contributed by atoms with Crippen molar-refractivity contribution in [2.45, 2.75) is 76.4 Å². The molecular weight excluding hydrogens is 608 g/mol. The molecule has 256 valence electrons. The predicted octanol–water partition coefficient (Wildman–Crippen LogP) is 3.17. The van der Waals surface area contributed by atoms with Gasteiger partial charge in [-0.2, -0.15) is 0 Å². The normalized spacial score (nSPS) is 21.2. The molecule has 1 fully saturated rings. The van der Waals surface area contributed by atoms with Crippen LogP contribution in [0.1, 0.15) is 65.8 Å². The van der Waals surface area contributed by atoms with Crippen LogP contribution in [0.15, 0.2) is 78.9 Å². The van der Waals surface area contributed by atoms with Gasteiger partial charge in [-0.3, -0.25) is 19.4 Å². The van der Waals surface area contributed by atoms with E-state index in [9.17, 15) is 29.7 Å². The molecule has 3 aromatic carbocycles. The summed E-state index contributed by atoms with van der Waals surface area (Å²) in [7, 11) is 0. The number of carbonyl (C=O) groups excluding carboxylic acids is 2. The Hall–Kier alpha value is -4.09. The number of rotatable bonds is 12. The summed E-state index contributed by atoms with van der Waals surface area (Å²) in [6, 6.07) is 23.2. The zero-order chi connectivity index (χ0) is 34.4. The highest BCUT2D eigenvalue weighted by Crippen LogP contribution is 2.32. The molecule has 0 bridgehead atoms. The Kier molecular flexibility index (Phi) is 11.3. The first-order chi connectivity index (χ1) is 22.9. The van der Waals surface area contributed by atoms with E-state index in [0.29, 0.717) is 39.0 Å². The zero-order valence-corrected chi connectivity index (χ0v) is 28.0. The quantitative estimate of drug-likeness (QED) is 0.200. The smallest absolute Gasteiger partial charge is 0.335 e. The molecule has 1 heterocycles. The maximum absolute atomic E-state index is 13.8. The summed E-state index contributed by atoms with van der Waals surface area (Å²) in [6.45, 7) is 8.19. The summed E-state index contributed by atoms with van der Waals surface area (Å²) in [5, 5.41) is 37.7. The number of piperazine rings is 1. The average molecular weight is 657 g/mol.